The summed E-state index contributed by atoms with van der Waals surface area (Å²) in [4.78, 5) is 12.0. The van der Waals surface area contributed by atoms with Crippen molar-refractivity contribution in [2.24, 2.45) is 13.0 Å². The molecule has 1 N–H and O–H groups in total. The van der Waals surface area contributed by atoms with Gasteiger partial charge >= 0.3 is 0 Å². The fraction of sp³-hybridized carbons (Fsp3) is 0.471. The smallest absolute Gasteiger partial charge is 0.252 e. The predicted octanol–water partition coefficient (Wildman–Crippen LogP) is 3.53. The molecule has 1 aromatic heterocycles. The zero-order valence-corrected chi connectivity index (χ0v) is 12.1. The van der Waals surface area contributed by atoms with Crippen LogP contribution in [0.25, 0.3) is 10.9 Å². The monoisotopic (exact) mass is 270 g/mol. The van der Waals surface area contributed by atoms with Gasteiger partial charge in [0.25, 0.3) is 5.56 Å². The summed E-state index contributed by atoms with van der Waals surface area (Å²) >= 11 is 0. The minimum Gasteiger partial charge on any atom is -0.384 e. The Morgan fingerprint density at radius 3 is 2.80 bits per heavy atom. The Kier molecular flexibility index (Phi) is 3.77. The van der Waals surface area contributed by atoms with Crippen LogP contribution < -0.4 is 10.9 Å². The second-order valence-corrected chi connectivity index (χ2v) is 5.84. The van der Waals surface area contributed by atoms with Crippen LogP contribution in [0, 0.1) is 5.92 Å². The van der Waals surface area contributed by atoms with Crippen molar-refractivity contribution in [3.05, 3.63) is 40.7 Å². The van der Waals surface area contributed by atoms with Gasteiger partial charge in [-0.1, -0.05) is 43.9 Å². The third-order valence-corrected chi connectivity index (χ3v) is 4.50. The lowest BCUT2D eigenvalue weighted by Gasteiger charge is -2.14. The molecule has 0 saturated heterocycles. The molecule has 20 heavy (non-hydrogen) atoms. The fourth-order valence-corrected chi connectivity index (χ4v) is 3.27. The molecular formula is C17H22N2O. The first-order chi connectivity index (χ1) is 9.75. The van der Waals surface area contributed by atoms with Gasteiger partial charge in [0.1, 0.15) is 0 Å². The van der Waals surface area contributed by atoms with Gasteiger partial charge in [0.2, 0.25) is 0 Å². The van der Waals surface area contributed by atoms with Gasteiger partial charge in [0, 0.05) is 30.7 Å². The first-order valence-corrected chi connectivity index (χ1v) is 7.58. The number of rotatable bonds is 4. The van der Waals surface area contributed by atoms with Crippen molar-refractivity contribution < 1.29 is 0 Å². The second kappa shape index (κ2) is 5.70. The SMILES string of the molecule is Cn1c(=O)cc(NCCC2CCCC2)c2ccccc21. The number of anilines is 1. The molecule has 0 bridgehead atoms. The molecule has 2 aromatic rings. The maximum atomic E-state index is 12.0. The van der Waals surface area contributed by atoms with Gasteiger partial charge in [-0.2, -0.15) is 0 Å². The van der Waals surface area contributed by atoms with E-state index < -0.39 is 0 Å². The number of aryl methyl sites for hydroxylation is 1. The van der Waals surface area contributed by atoms with Crippen LogP contribution in [0.2, 0.25) is 0 Å². The average molecular weight is 270 g/mol. The van der Waals surface area contributed by atoms with E-state index in [0.29, 0.717) is 0 Å². The highest BCUT2D eigenvalue weighted by atomic mass is 16.1. The number of pyridine rings is 1. The molecule has 1 aliphatic rings. The van der Waals surface area contributed by atoms with E-state index in [0.717, 1.165) is 29.1 Å². The Labute approximate surface area is 119 Å². The van der Waals surface area contributed by atoms with Crippen molar-refractivity contribution >= 4 is 16.6 Å². The van der Waals surface area contributed by atoms with Gasteiger partial charge in [-0.15, -0.1) is 0 Å². The van der Waals surface area contributed by atoms with Crippen molar-refractivity contribution in [1.82, 2.24) is 4.57 Å². The third-order valence-electron chi connectivity index (χ3n) is 4.50. The molecule has 0 unspecified atom stereocenters. The Morgan fingerprint density at radius 2 is 2.00 bits per heavy atom. The molecule has 3 nitrogen and oxygen atoms in total. The lowest BCUT2D eigenvalue weighted by atomic mass is 10.0. The Morgan fingerprint density at radius 1 is 1.25 bits per heavy atom. The molecule has 106 valence electrons. The van der Waals surface area contributed by atoms with Crippen molar-refractivity contribution in [3.63, 3.8) is 0 Å². The van der Waals surface area contributed by atoms with Gasteiger partial charge in [-0.05, 0) is 18.4 Å². The third kappa shape index (κ3) is 2.58. The maximum absolute atomic E-state index is 12.0. The first kappa shape index (κ1) is 13.2. The van der Waals surface area contributed by atoms with Crippen LogP contribution in [-0.2, 0) is 7.05 Å². The molecule has 1 aromatic carbocycles. The van der Waals surface area contributed by atoms with Gasteiger partial charge in [0.05, 0.1) is 5.52 Å². The van der Waals surface area contributed by atoms with Gasteiger partial charge in [-0.3, -0.25) is 4.79 Å². The minimum atomic E-state index is 0.0482. The number of nitrogens with zero attached hydrogens (tertiary/aromatic N) is 1. The number of aromatic nitrogens is 1. The summed E-state index contributed by atoms with van der Waals surface area (Å²) in [6, 6.07) is 9.79. The summed E-state index contributed by atoms with van der Waals surface area (Å²) in [5.74, 6) is 0.875. The van der Waals surface area contributed by atoms with E-state index in [9.17, 15) is 4.79 Å². The molecule has 0 amide bonds. The number of hydrogen-bond donors (Lipinski definition) is 1. The average Bonchev–Trinajstić information content (AvgIpc) is 2.97. The van der Waals surface area contributed by atoms with Crippen LogP contribution in [0.3, 0.4) is 0 Å². The molecule has 1 fully saturated rings. The van der Waals surface area contributed by atoms with Crippen molar-refractivity contribution in [2.45, 2.75) is 32.1 Å². The van der Waals surface area contributed by atoms with Crippen LogP contribution >= 0.6 is 0 Å². The summed E-state index contributed by atoms with van der Waals surface area (Å²) in [6.45, 7) is 0.960. The van der Waals surface area contributed by atoms with E-state index in [-0.39, 0.29) is 5.56 Å². The number of para-hydroxylation sites is 1. The van der Waals surface area contributed by atoms with Gasteiger partial charge < -0.3 is 9.88 Å². The molecule has 1 aliphatic carbocycles. The quantitative estimate of drug-likeness (QED) is 0.922. The molecule has 1 saturated carbocycles. The molecule has 0 atom stereocenters. The van der Waals surface area contributed by atoms with Crippen LogP contribution in [0.5, 0.6) is 0 Å². The second-order valence-electron chi connectivity index (χ2n) is 5.84. The molecule has 0 radical (unpaired) electrons. The standard InChI is InChI=1S/C17H22N2O/c1-19-16-9-5-4-8-14(16)15(12-17(19)20)18-11-10-13-6-2-3-7-13/h4-5,8-9,12-13,18H,2-3,6-7,10-11H2,1H3. The van der Waals surface area contributed by atoms with E-state index in [1.54, 1.807) is 10.6 Å². The van der Waals surface area contributed by atoms with Gasteiger partial charge in [0.15, 0.2) is 0 Å². The Hall–Kier alpha value is -1.77. The largest absolute Gasteiger partial charge is 0.384 e. The normalized spacial score (nSPS) is 15.8. The summed E-state index contributed by atoms with van der Waals surface area (Å²) in [6.07, 6.45) is 6.74. The molecule has 0 spiro atoms. The van der Waals surface area contributed by atoms with E-state index in [1.165, 1.54) is 32.1 Å². The zero-order valence-electron chi connectivity index (χ0n) is 12.1. The summed E-state index contributed by atoms with van der Waals surface area (Å²) < 4.78 is 1.71. The lowest BCUT2D eigenvalue weighted by Crippen LogP contribution is -2.18. The lowest BCUT2D eigenvalue weighted by molar-refractivity contribution is 0.519. The van der Waals surface area contributed by atoms with E-state index in [4.69, 9.17) is 0 Å². The van der Waals surface area contributed by atoms with Crippen LogP contribution in [-0.4, -0.2) is 11.1 Å². The number of hydrogen-bond acceptors (Lipinski definition) is 2. The van der Waals surface area contributed by atoms with Crippen LogP contribution in [0.15, 0.2) is 35.1 Å². The topological polar surface area (TPSA) is 34.0 Å². The number of benzene rings is 1. The fourth-order valence-electron chi connectivity index (χ4n) is 3.27. The Bertz CT molecular complexity index is 654. The molecule has 3 heteroatoms. The highest BCUT2D eigenvalue weighted by molar-refractivity contribution is 5.91. The van der Waals surface area contributed by atoms with Crippen LogP contribution in [0.1, 0.15) is 32.1 Å². The zero-order chi connectivity index (χ0) is 13.9. The van der Waals surface area contributed by atoms with Crippen molar-refractivity contribution in [3.8, 4) is 0 Å². The number of fused-ring (bicyclic) bond motifs is 1. The van der Waals surface area contributed by atoms with Crippen LogP contribution in [0.4, 0.5) is 5.69 Å². The highest BCUT2D eigenvalue weighted by Gasteiger charge is 2.14. The van der Waals surface area contributed by atoms with E-state index in [1.807, 2.05) is 25.2 Å². The number of nitrogens with one attached hydrogen (secondary N) is 1. The van der Waals surface area contributed by atoms with Crippen molar-refractivity contribution in [2.75, 3.05) is 11.9 Å². The first-order valence-electron chi connectivity index (χ1n) is 7.58. The maximum Gasteiger partial charge on any atom is 0.252 e. The molecule has 0 aliphatic heterocycles. The van der Waals surface area contributed by atoms with Crippen molar-refractivity contribution in [1.29, 1.82) is 0 Å². The summed E-state index contributed by atoms with van der Waals surface area (Å²) in [7, 11) is 1.83. The molecule has 1 heterocycles. The summed E-state index contributed by atoms with van der Waals surface area (Å²) in [5.41, 5.74) is 2.01. The minimum absolute atomic E-state index is 0.0482. The summed E-state index contributed by atoms with van der Waals surface area (Å²) in [5, 5.41) is 4.60. The predicted molar refractivity (Wildman–Crippen MR) is 84.3 cm³/mol. The van der Waals surface area contributed by atoms with E-state index >= 15 is 0 Å². The molecule has 3 rings (SSSR count). The highest BCUT2D eigenvalue weighted by Crippen LogP contribution is 2.28. The molecular weight excluding hydrogens is 248 g/mol. The Balaban J connectivity index is 1.80. The van der Waals surface area contributed by atoms with E-state index in [2.05, 4.69) is 11.4 Å². The van der Waals surface area contributed by atoms with Gasteiger partial charge in [-0.25, -0.2) is 0 Å².